The smallest absolute Gasteiger partial charge is 0.0992 e. The highest BCUT2D eigenvalue weighted by Gasteiger charge is 2.00. The van der Waals surface area contributed by atoms with Gasteiger partial charge in [-0.05, 0) is 36.2 Å². The number of anilines is 1. The van der Waals surface area contributed by atoms with Crippen LogP contribution in [0.2, 0.25) is 0 Å². The molecule has 0 aliphatic carbocycles. The van der Waals surface area contributed by atoms with Crippen LogP contribution in [0.15, 0.2) is 36.7 Å². The zero-order valence-corrected chi connectivity index (χ0v) is 10.1. The highest BCUT2D eigenvalue weighted by atomic mass is 14.9. The molecule has 0 saturated heterocycles. The van der Waals surface area contributed by atoms with Crippen molar-refractivity contribution in [2.45, 2.75) is 13.5 Å². The standard InChI is InChI=1S/C14H15N3/c1-11-3-4-12(8-15)7-14(11)16-9-13-5-6-17(2)10-13/h3-7,10,16H,9H2,1-2H3. The van der Waals surface area contributed by atoms with Crippen LogP contribution in [0.1, 0.15) is 16.7 Å². The monoisotopic (exact) mass is 225 g/mol. The summed E-state index contributed by atoms with van der Waals surface area (Å²) < 4.78 is 2.02. The van der Waals surface area contributed by atoms with Crippen molar-refractivity contribution in [1.29, 1.82) is 5.26 Å². The molecule has 1 N–H and O–H groups in total. The third-order valence-corrected chi connectivity index (χ3v) is 2.74. The van der Waals surface area contributed by atoms with E-state index in [0.29, 0.717) is 5.56 Å². The lowest BCUT2D eigenvalue weighted by atomic mass is 10.1. The Hall–Kier alpha value is -2.21. The van der Waals surface area contributed by atoms with Gasteiger partial charge in [-0.3, -0.25) is 0 Å². The van der Waals surface area contributed by atoms with Crippen LogP contribution >= 0.6 is 0 Å². The Balaban J connectivity index is 2.11. The second-order valence-electron chi connectivity index (χ2n) is 4.18. The average molecular weight is 225 g/mol. The predicted molar refractivity (Wildman–Crippen MR) is 68.6 cm³/mol. The molecular formula is C14H15N3. The average Bonchev–Trinajstić information content (AvgIpc) is 2.74. The quantitative estimate of drug-likeness (QED) is 0.872. The van der Waals surface area contributed by atoms with E-state index in [1.54, 1.807) is 0 Å². The third kappa shape index (κ3) is 2.67. The summed E-state index contributed by atoms with van der Waals surface area (Å²) in [6.45, 7) is 2.81. The van der Waals surface area contributed by atoms with E-state index in [2.05, 4.69) is 23.6 Å². The van der Waals surface area contributed by atoms with Crippen molar-refractivity contribution in [1.82, 2.24) is 4.57 Å². The first-order valence-electron chi connectivity index (χ1n) is 5.54. The SMILES string of the molecule is Cc1ccc(C#N)cc1NCc1ccn(C)c1. The van der Waals surface area contributed by atoms with Crippen molar-refractivity contribution in [2.75, 3.05) is 5.32 Å². The summed E-state index contributed by atoms with van der Waals surface area (Å²) in [5, 5.41) is 12.2. The van der Waals surface area contributed by atoms with E-state index >= 15 is 0 Å². The van der Waals surface area contributed by atoms with E-state index in [0.717, 1.165) is 17.8 Å². The van der Waals surface area contributed by atoms with E-state index in [1.165, 1.54) is 5.56 Å². The van der Waals surface area contributed by atoms with Gasteiger partial charge in [0.05, 0.1) is 11.6 Å². The summed E-state index contributed by atoms with van der Waals surface area (Å²) in [6.07, 6.45) is 4.10. The summed E-state index contributed by atoms with van der Waals surface area (Å²) in [6, 6.07) is 9.92. The maximum Gasteiger partial charge on any atom is 0.0992 e. The van der Waals surface area contributed by atoms with Crippen molar-refractivity contribution in [3.8, 4) is 6.07 Å². The van der Waals surface area contributed by atoms with Gasteiger partial charge in [-0.25, -0.2) is 0 Å². The lowest BCUT2D eigenvalue weighted by molar-refractivity contribution is 0.920. The van der Waals surface area contributed by atoms with Crippen molar-refractivity contribution < 1.29 is 0 Å². The number of nitriles is 1. The van der Waals surface area contributed by atoms with Gasteiger partial charge in [0.25, 0.3) is 0 Å². The molecule has 1 heterocycles. The Morgan fingerprint density at radius 2 is 2.18 bits per heavy atom. The molecule has 0 bridgehead atoms. The summed E-state index contributed by atoms with van der Waals surface area (Å²) in [5.41, 5.74) is 4.09. The maximum absolute atomic E-state index is 8.86. The zero-order chi connectivity index (χ0) is 12.3. The van der Waals surface area contributed by atoms with Gasteiger partial charge in [0, 0.05) is 31.7 Å². The fourth-order valence-corrected chi connectivity index (χ4v) is 1.74. The van der Waals surface area contributed by atoms with Gasteiger partial charge in [-0.15, -0.1) is 0 Å². The van der Waals surface area contributed by atoms with Crippen LogP contribution in [0.4, 0.5) is 5.69 Å². The Bertz CT molecular complexity index is 561. The summed E-state index contributed by atoms with van der Waals surface area (Å²) in [7, 11) is 2.01. The van der Waals surface area contributed by atoms with Crippen molar-refractivity contribution >= 4 is 5.69 Å². The lowest BCUT2D eigenvalue weighted by Crippen LogP contribution is -2.00. The molecule has 3 heteroatoms. The Morgan fingerprint density at radius 3 is 2.82 bits per heavy atom. The number of nitrogens with one attached hydrogen (secondary N) is 1. The van der Waals surface area contributed by atoms with Gasteiger partial charge in [-0.2, -0.15) is 5.26 Å². The van der Waals surface area contributed by atoms with Crippen molar-refractivity contribution in [3.05, 3.63) is 53.3 Å². The first-order valence-corrected chi connectivity index (χ1v) is 5.54. The predicted octanol–water partition coefficient (Wildman–Crippen LogP) is 2.82. The minimum atomic E-state index is 0.686. The van der Waals surface area contributed by atoms with E-state index in [9.17, 15) is 0 Å². The molecule has 86 valence electrons. The Kier molecular flexibility index (Phi) is 3.15. The molecule has 0 aliphatic heterocycles. The molecule has 2 rings (SSSR count). The summed E-state index contributed by atoms with van der Waals surface area (Å²) in [5.74, 6) is 0. The molecule has 0 fully saturated rings. The number of aryl methyl sites for hydroxylation is 2. The number of benzene rings is 1. The number of hydrogen-bond donors (Lipinski definition) is 1. The number of aromatic nitrogens is 1. The molecule has 2 aromatic rings. The van der Waals surface area contributed by atoms with Crippen LogP contribution in [-0.2, 0) is 13.6 Å². The second-order valence-corrected chi connectivity index (χ2v) is 4.18. The number of nitrogens with zero attached hydrogens (tertiary/aromatic N) is 2. The van der Waals surface area contributed by atoms with Gasteiger partial charge in [0.15, 0.2) is 0 Å². The van der Waals surface area contributed by atoms with Crippen LogP contribution < -0.4 is 5.32 Å². The largest absolute Gasteiger partial charge is 0.381 e. The molecule has 3 nitrogen and oxygen atoms in total. The molecule has 0 atom stereocenters. The van der Waals surface area contributed by atoms with Crippen LogP contribution in [-0.4, -0.2) is 4.57 Å². The van der Waals surface area contributed by atoms with E-state index in [1.807, 2.05) is 42.9 Å². The van der Waals surface area contributed by atoms with Crippen LogP contribution in [0.3, 0.4) is 0 Å². The van der Waals surface area contributed by atoms with E-state index in [4.69, 9.17) is 5.26 Å². The molecular weight excluding hydrogens is 210 g/mol. The molecule has 0 unspecified atom stereocenters. The van der Waals surface area contributed by atoms with Gasteiger partial charge in [-0.1, -0.05) is 6.07 Å². The normalized spacial score (nSPS) is 9.94. The zero-order valence-electron chi connectivity index (χ0n) is 10.1. The van der Waals surface area contributed by atoms with E-state index < -0.39 is 0 Å². The molecule has 0 radical (unpaired) electrons. The topological polar surface area (TPSA) is 40.8 Å². The van der Waals surface area contributed by atoms with Crippen LogP contribution in [0.25, 0.3) is 0 Å². The minimum Gasteiger partial charge on any atom is -0.381 e. The van der Waals surface area contributed by atoms with E-state index in [-0.39, 0.29) is 0 Å². The van der Waals surface area contributed by atoms with Crippen molar-refractivity contribution in [3.63, 3.8) is 0 Å². The fourth-order valence-electron chi connectivity index (χ4n) is 1.74. The molecule has 1 aromatic heterocycles. The third-order valence-electron chi connectivity index (χ3n) is 2.74. The maximum atomic E-state index is 8.86. The van der Waals surface area contributed by atoms with Gasteiger partial charge < -0.3 is 9.88 Å². The number of rotatable bonds is 3. The molecule has 0 saturated carbocycles. The fraction of sp³-hybridized carbons (Fsp3) is 0.214. The van der Waals surface area contributed by atoms with Gasteiger partial charge >= 0.3 is 0 Å². The molecule has 17 heavy (non-hydrogen) atoms. The summed E-state index contributed by atoms with van der Waals surface area (Å²) >= 11 is 0. The first kappa shape index (κ1) is 11.3. The highest BCUT2D eigenvalue weighted by molar-refractivity contribution is 5.55. The van der Waals surface area contributed by atoms with Crippen LogP contribution in [0.5, 0.6) is 0 Å². The Morgan fingerprint density at radius 1 is 1.35 bits per heavy atom. The molecule has 0 amide bonds. The van der Waals surface area contributed by atoms with Gasteiger partial charge in [0.2, 0.25) is 0 Å². The lowest BCUT2D eigenvalue weighted by Gasteiger charge is -2.08. The summed E-state index contributed by atoms with van der Waals surface area (Å²) in [4.78, 5) is 0. The van der Waals surface area contributed by atoms with Crippen molar-refractivity contribution in [2.24, 2.45) is 7.05 Å². The second kappa shape index (κ2) is 4.75. The first-order chi connectivity index (χ1) is 8.19. The minimum absolute atomic E-state index is 0.686. The molecule has 0 spiro atoms. The molecule has 1 aromatic carbocycles. The van der Waals surface area contributed by atoms with Crippen LogP contribution in [0, 0.1) is 18.3 Å². The van der Waals surface area contributed by atoms with Gasteiger partial charge in [0.1, 0.15) is 0 Å². The Labute approximate surface area is 101 Å². The highest BCUT2D eigenvalue weighted by Crippen LogP contribution is 2.17. The number of hydrogen-bond acceptors (Lipinski definition) is 2. The molecule has 0 aliphatic rings.